The van der Waals surface area contributed by atoms with Gasteiger partial charge in [0, 0.05) is 25.8 Å². The second-order valence-corrected chi connectivity index (χ2v) is 6.03. The SMILES string of the molecule is C(/C=C/c1ccccc1)=NCCN1CCNC1/C=C/c1ccccc1. The number of nitrogens with one attached hydrogen (secondary N) is 1. The van der Waals surface area contributed by atoms with E-state index < -0.39 is 0 Å². The van der Waals surface area contributed by atoms with E-state index in [4.69, 9.17) is 0 Å². The largest absolute Gasteiger partial charge is 0.297 e. The molecule has 0 bridgehead atoms. The predicted molar refractivity (Wildman–Crippen MR) is 108 cm³/mol. The average Bonchev–Trinajstić information content (AvgIpc) is 3.12. The number of allylic oxidation sites excluding steroid dienone is 1. The van der Waals surface area contributed by atoms with Crippen LogP contribution in [0.2, 0.25) is 0 Å². The first-order chi connectivity index (χ1) is 12.4. The van der Waals surface area contributed by atoms with Gasteiger partial charge in [-0.1, -0.05) is 78.9 Å². The zero-order valence-electron chi connectivity index (χ0n) is 14.5. The minimum absolute atomic E-state index is 0.301. The topological polar surface area (TPSA) is 27.6 Å². The molecule has 0 spiro atoms. The van der Waals surface area contributed by atoms with Gasteiger partial charge in [0.1, 0.15) is 0 Å². The molecule has 0 saturated carbocycles. The zero-order chi connectivity index (χ0) is 17.2. The zero-order valence-corrected chi connectivity index (χ0v) is 14.5. The Hall–Kier alpha value is -2.49. The average molecular weight is 331 g/mol. The molecule has 1 saturated heterocycles. The normalized spacial score (nSPS) is 18.8. The Kier molecular flexibility index (Phi) is 6.74. The van der Waals surface area contributed by atoms with E-state index in [1.54, 1.807) is 0 Å². The fourth-order valence-corrected chi connectivity index (χ4v) is 2.87. The van der Waals surface area contributed by atoms with E-state index >= 15 is 0 Å². The summed E-state index contributed by atoms with van der Waals surface area (Å²) in [6.07, 6.45) is 10.7. The number of hydrogen-bond donors (Lipinski definition) is 1. The van der Waals surface area contributed by atoms with E-state index in [-0.39, 0.29) is 0 Å². The van der Waals surface area contributed by atoms with Crippen molar-refractivity contribution in [1.82, 2.24) is 10.2 Å². The molecular weight excluding hydrogens is 306 g/mol. The third-order valence-corrected chi connectivity index (χ3v) is 4.21. The van der Waals surface area contributed by atoms with Crippen molar-refractivity contribution in [2.75, 3.05) is 26.2 Å². The summed E-state index contributed by atoms with van der Waals surface area (Å²) >= 11 is 0. The number of rotatable bonds is 7. The molecule has 0 aliphatic carbocycles. The van der Waals surface area contributed by atoms with E-state index in [1.807, 2.05) is 36.6 Å². The van der Waals surface area contributed by atoms with Crippen LogP contribution >= 0.6 is 0 Å². The van der Waals surface area contributed by atoms with Gasteiger partial charge in [0.25, 0.3) is 0 Å². The summed E-state index contributed by atoms with van der Waals surface area (Å²) < 4.78 is 0. The highest BCUT2D eigenvalue weighted by Gasteiger charge is 2.20. The van der Waals surface area contributed by atoms with Gasteiger partial charge in [-0.05, 0) is 17.2 Å². The van der Waals surface area contributed by atoms with Crippen LogP contribution in [0.3, 0.4) is 0 Å². The summed E-state index contributed by atoms with van der Waals surface area (Å²) in [4.78, 5) is 6.93. The maximum absolute atomic E-state index is 4.50. The van der Waals surface area contributed by atoms with Crippen LogP contribution in [0.15, 0.2) is 77.8 Å². The quantitative estimate of drug-likeness (QED) is 0.783. The van der Waals surface area contributed by atoms with Crippen molar-refractivity contribution < 1.29 is 0 Å². The lowest BCUT2D eigenvalue weighted by atomic mass is 10.2. The summed E-state index contributed by atoms with van der Waals surface area (Å²) in [7, 11) is 0. The molecular formula is C22H25N3. The van der Waals surface area contributed by atoms with Crippen molar-refractivity contribution in [3.8, 4) is 0 Å². The minimum atomic E-state index is 0.301. The van der Waals surface area contributed by atoms with Crippen LogP contribution in [0.25, 0.3) is 12.2 Å². The Bertz CT molecular complexity index is 705. The van der Waals surface area contributed by atoms with Gasteiger partial charge in [-0.15, -0.1) is 0 Å². The maximum atomic E-state index is 4.50. The molecule has 3 heteroatoms. The minimum Gasteiger partial charge on any atom is -0.297 e. The Morgan fingerprint density at radius 1 is 0.960 bits per heavy atom. The van der Waals surface area contributed by atoms with Gasteiger partial charge < -0.3 is 0 Å². The smallest absolute Gasteiger partial charge is 0.0794 e. The van der Waals surface area contributed by atoms with Crippen LogP contribution in [0, 0.1) is 0 Å². The number of benzene rings is 2. The molecule has 1 N–H and O–H groups in total. The summed E-state index contributed by atoms with van der Waals surface area (Å²) in [5.74, 6) is 0. The fraction of sp³-hybridized carbons (Fsp3) is 0.227. The van der Waals surface area contributed by atoms with E-state index in [0.717, 1.165) is 26.2 Å². The van der Waals surface area contributed by atoms with Gasteiger partial charge in [0.2, 0.25) is 0 Å². The molecule has 1 aliphatic heterocycles. The molecule has 1 atom stereocenters. The van der Waals surface area contributed by atoms with Crippen molar-refractivity contribution in [2.45, 2.75) is 6.17 Å². The molecule has 1 heterocycles. The van der Waals surface area contributed by atoms with E-state index in [9.17, 15) is 0 Å². The van der Waals surface area contributed by atoms with E-state index in [2.05, 4.69) is 69.8 Å². The van der Waals surface area contributed by atoms with Crippen molar-refractivity contribution >= 4 is 18.4 Å². The summed E-state index contributed by atoms with van der Waals surface area (Å²) in [5, 5.41) is 3.52. The Labute approximate surface area is 150 Å². The molecule has 1 fully saturated rings. The van der Waals surface area contributed by atoms with Crippen LogP contribution in [-0.2, 0) is 0 Å². The Morgan fingerprint density at radius 3 is 2.36 bits per heavy atom. The Morgan fingerprint density at radius 2 is 1.64 bits per heavy atom. The fourth-order valence-electron chi connectivity index (χ4n) is 2.87. The molecule has 25 heavy (non-hydrogen) atoms. The van der Waals surface area contributed by atoms with Crippen molar-refractivity contribution in [3.63, 3.8) is 0 Å². The molecule has 128 valence electrons. The van der Waals surface area contributed by atoms with Gasteiger partial charge in [0.15, 0.2) is 0 Å². The van der Waals surface area contributed by atoms with E-state index in [1.165, 1.54) is 11.1 Å². The van der Waals surface area contributed by atoms with Crippen LogP contribution < -0.4 is 5.32 Å². The lowest BCUT2D eigenvalue weighted by Gasteiger charge is -2.20. The lowest BCUT2D eigenvalue weighted by molar-refractivity contribution is 0.290. The maximum Gasteiger partial charge on any atom is 0.0794 e. The monoisotopic (exact) mass is 331 g/mol. The first kappa shape index (κ1) is 17.3. The van der Waals surface area contributed by atoms with Crippen LogP contribution in [0.1, 0.15) is 11.1 Å². The number of aliphatic imine (C=N–C) groups is 1. The molecule has 2 aromatic carbocycles. The van der Waals surface area contributed by atoms with Crippen molar-refractivity contribution in [3.05, 3.63) is 83.9 Å². The molecule has 0 amide bonds. The highest BCUT2D eigenvalue weighted by Crippen LogP contribution is 2.08. The van der Waals surface area contributed by atoms with Gasteiger partial charge in [0.05, 0.1) is 12.7 Å². The molecule has 0 radical (unpaired) electrons. The van der Waals surface area contributed by atoms with Gasteiger partial charge in [-0.2, -0.15) is 0 Å². The molecule has 3 nitrogen and oxygen atoms in total. The molecule has 0 aromatic heterocycles. The first-order valence-electron chi connectivity index (χ1n) is 8.84. The van der Waals surface area contributed by atoms with Crippen molar-refractivity contribution in [2.24, 2.45) is 4.99 Å². The van der Waals surface area contributed by atoms with E-state index in [0.29, 0.717) is 6.17 Å². The second kappa shape index (κ2) is 9.72. The van der Waals surface area contributed by atoms with Gasteiger partial charge >= 0.3 is 0 Å². The number of hydrogen-bond acceptors (Lipinski definition) is 3. The standard InChI is InChI=1S/C22H25N3/c1-3-8-20(9-4-1)12-7-15-23-16-18-25-19-17-24-22(25)14-13-21-10-5-2-6-11-21/h1-15,22,24H,16-19H2/b12-7+,14-13+,23-15?. The molecule has 1 aliphatic rings. The molecule has 3 rings (SSSR count). The molecule has 1 unspecified atom stereocenters. The summed E-state index contributed by atoms with van der Waals surface area (Å²) in [6.45, 7) is 3.88. The van der Waals surface area contributed by atoms with Crippen LogP contribution in [-0.4, -0.2) is 43.5 Å². The highest BCUT2D eigenvalue weighted by atomic mass is 15.3. The van der Waals surface area contributed by atoms with Crippen LogP contribution in [0.5, 0.6) is 0 Å². The highest BCUT2D eigenvalue weighted by molar-refractivity contribution is 5.78. The van der Waals surface area contributed by atoms with Crippen molar-refractivity contribution in [1.29, 1.82) is 0 Å². The second-order valence-electron chi connectivity index (χ2n) is 6.03. The lowest BCUT2D eigenvalue weighted by Crippen LogP contribution is -2.35. The first-order valence-corrected chi connectivity index (χ1v) is 8.84. The summed E-state index contributed by atoms with van der Waals surface area (Å²) in [6, 6.07) is 20.7. The Balaban J connectivity index is 1.43. The predicted octanol–water partition coefficient (Wildman–Crippen LogP) is 3.72. The number of nitrogens with zero attached hydrogens (tertiary/aromatic N) is 2. The summed E-state index contributed by atoms with van der Waals surface area (Å²) in [5.41, 5.74) is 2.43. The van der Waals surface area contributed by atoms with Crippen LogP contribution in [0.4, 0.5) is 0 Å². The molecule has 2 aromatic rings. The van der Waals surface area contributed by atoms with Gasteiger partial charge in [-0.25, -0.2) is 0 Å². The van der Waals surface area contributed by atoms with Gasteiger partial charge in [-0.3, -0.25) is 15.2 Å². The third-order valence-electron chi connectivity index (χ3n) is 4.21. The third kappa shape index (κ3) is 5.82.